The summed E-state index contributed by atoms with van der Waals surface area (Å²) in [6, 6.07) is 0. The van der Waals surface area contributed by atoms with Gasteiger partial charge in [-0.25, -0.2) is 12.7 Å². The molecule has 0 aliphatic rings. The van der Waals surface area contributed by atoms with E-state index < -0.39 is 10.0 Å². The van der Waals surface area contributed by atoms with Crippen molar-refractivity contribution >= 4 is 40.0 Å². The summed E-state index contributed by atoms with van der Waals surface area (Å²) in [4.78, 5) is 4.18. The number of hydrogen-bond donors (Lipinski definition) is 2. The summed E-state index contributed by atoms with van der Waals surface area (Å²) in [5.41, 5.74) is 0. The van der Waals surface area contributed by atoms with E-state index in [0.29, 0.717) is 25.6 Å². The normalized spacial score (nSPS) is 12.4. The molecule has 0 aromatic carbocycles. The molecule has 8 heteroatoms. The second-order valence-corrected chi connectivity index (χ2v) is 7.15. The molecule has 0 bridgehead atoms. The zero-order chi connectivity index (χ0) is 16.3. The Labute approximate surface area is 153 Å². The first-order valence-corrected chi connectivity index (χ1v) is 9.63. The third-order valence-corrected chi connectivity index (χ3v) is 5.01. The SMILES string of the molecule is CCC(CC)CNC(=NC)NCCCN(CC)S(C)(=O)=O.I. The summed E-state index contributed by atoms with van der Waals surface area (Å²) in [6.45, 7) is 8.90. The van der Waals surface area contributed by atoms with Crippen LogP contribution >= 0.6 is 24.0 Å². The Balaban J connectivity index is 0. The van der Waals surface area contributed by atoms with Gasteiger partial charge in [-0.05, 0) is 12.3 Å². The van der Waals surface area contributed by atoms with E-state index in [4.69, 9.17) is 0 Å². The lowest BCUT2D eigenvalue weighted by atomic mass is 10.0. The Morgan fingerprint density at radius 3 is 2.18 bits per heavy atom. The Bertz CT molecular complexity index is 398. The van der Waals surface area contributed by atoms with E-state index in [9.17, 15) is 8.42 Å². The van der Waals surface area contributed by atoms with Crippen LogP contribution in [-0.2, 0) is 10.0 Å². The van der Waals surface area contributed by atoms with Crippen LogP contribution in [0.5, 0.6) is 0 Å². The molecule has 0 aromatic rings. The molecular formula is C14H33IN4O2S. The van der Waals surface area contributed by atoms with Crippen LogP contribution < -0.4 is 10.6 Å². The number of sulfonamides is 1. The fourth-order valence-electron chi connectivity index (χ4n) is 2.06. The molecule has 0 rings (SSSR count). The van der Waals surface area contributed by atoms with Crippen LogP contribution in [0, 0.1) is 5.92 Å². The molecule has 22 heavy (non-hydrogen) atoms. The Morgan fingerprint density at radius 1 is 1.18 bits per heavy atom. The molecule has 0 saturated heterocycles. The zero-order valence-corrected chi connectivity index (χ0v) is 17.7. The van der Waals surface area contributed by atoms with Crippen molar-refractivity contribution in [3.05, 3.63) is 0 Å². The summed E-state index contributed by atoms with van der Waals surface area (Å²) in [5, 5.41) is 6.53. The van der Waals surface area contributed by atoms with Gasteiger partial charge in [0.2, 0.25) is 10.0 Å². The summed E-state index contributed by atoms with van der Waals surface area (Å²) >= 11 is 0. The minimum Gasteiger partial charge on any atom is -0.356 e. The Kier molecular flexibility index (Phi) is 14.7. The average Bonchev–Trinajstić information content (AvgIpc) is 2.44. The maximum atomic E-state index is 11.5. The second-order valence-electron chi connectivity index (χ2n) is 5.17. The van der Waals surface area contributed by atoms with Crippen LogP contribution in [0.25, 0.3) is 0 Å². The van der Waals surface area contributed by atoms with Gasteiger partial charge in [0.05, 0.1) is 6.26 Å². The second kappa shape index (κ2) is 13.4. The molecule has 6 nitrogen and oxygen atoms in total. The number of rotatable bonds is 10. The van der Waals surface area contributed by atoms with E-state index >= 15 is 0 Å². The maximum Gasteiger partial charge on any atom is 0.211 e. The molecular weight excluding hydrogens is 415 g/mol. The Morgan fingerprint density at radius 2 is 1.77 bits per heavy atom. The average molecular weight is 448 g/mol. The number of nitrogens with one attached hydrogen (secondary N) is 2. The van der Waals surface area contributed by atoms with Crippen molar-refractivity contribution in [1.29, 1.82) is 0 Å². The van der Waals surface area contributed by atoms with E-state index in [1.54, 1.807) is 7.05 Å². The molecule has 0 amide bonds. The number of aliphatic imine (C=N–C) groups is 1. The van der Waals surface area contributed by atoms with Gasteiger partial charge in [0.25, 0.3) is 0 Å². The predicted molar refractivity (Wildman–Crippen MR) is 106 cm³/mol. The van der Waals surface area contributed by atoms with Gasteiger partial charge in [0.1, 0.15) is 0 Å². The maximum absolute atomic E-state index is 11.5. The minimum atomic E-state index is -3.09. The molecule has 0 aliphatic carbocycles. The highest BCUT2D eigenvalue weighted by atomic mass is 127. The van der Waals surface area contributed by atoms with Gasteiger partial charge in [-0.1, -0.05) is 33.6 Å². The molecule has 0 aromatic heterocycles. The van der Waals surface area contributed by atoms with Gasteiger partial charge in [0, 0.05) is 33.2 Å². The monoisotopic (exact) mass is 448 g/mol. The van der Waals surface area contributed by atoms with E-state index in [1.165, 1.54) is 10.6 Å². The number of guanidine groups is 1. The molecule has 0 aliphatic heterocycles. The fourth-order valence-corrected chi connectivity index (χ4v) is 2.99. The van der Waals surface area contributed by atoms with Crippen LogP contribution in [-0.4, -0.2) is 58.2 Å². The molecule has 0 unspecified atom stereocenters. The van der Waals surface area contributed by atoms with Crippen LogP contribution in [0.2, 0.25) is 0 Å². The first-order chi connectivity index (χ1) is 9.88. The molecule has 0 atom stereocenters. The first kappa shape index (κ1) is 24.2. The highest BCUT2D eigenvalue weighted by Gasteiger charge is 2.13. The smallest absolute Gasteiger partial charge is 0.211 e. The summed E-state index contributed by atoms with van der Waals surface area (Å²) in [5.74, 6) is 1.44. The highest BCUT2D eigenvalue weighted by molar-refractivity contribution is 14.0. The summed E-state index contributed by atoms with van der Waals surface area (Å²) < 4.78 is 24.4. The quantitative estimate of drug-likeness (QED) is 0.232. The van der Waals surface area contributed by atoms with Crippen molar-refractivity contribution in [3.8, 4) is 0 Å². The van der Waals surface area contributed by atoms with Crippen molar-refractivity contribution in [2.75, 3.05) is 39.5 Å². The predicted octanol–water partition coefficient (Wildman–Crippen LogP) is 1.88. The molecule has 0 spiro atoms. The highest BCUT2D eigenvalue weighted by Crippen LogP contribution is 2.04. The van der Waals surface area contributed by atoms with Gasteiger partial charge in [0.15, 0.2) is 5.96 Å². The van der Waals surface area contributed by atoms with Gasteiger partial charge >= 0.3 is 0 Å². The molecule has 0 radical (unpaired) electrons. The standard InChI is InChI=1S/C14H32N4O2S.HI/c1-6-13(7-2)12-17-14(15-4)16-10-9-11-18(8-3)21(5,19)20;/h13H,6-12H2,1-5H3,(H2,15,16,17);1H. The molecule has 134 valence electrons. The first-order valence-electron chi connectivity index (χ1n) is 7.78. The van der Waals surface area contributed by atoms with Crippen molar-refractivity contribution in [2.24, 2.45) is 10.9 Å². The lowest BCUT2D eigenvalue weighted by molar-refractivity contribution is 0.423. The lowest BCUT2D eigenvalue weighted by Gasteiger charge is -2.19. The van der Waals surface area contributed by atoms with Crippen LogP contribution in [0.3, 0.4) is 0 Å². The van der Waals surface area contributed by atoms with Crippen LogP contribution in [0.1, 0.15) is 40.0 Å². The fraction of sp³-hybridized carbons (Fsp3) is 0.929. The van der Waals surface area contributed by atoms with E-state index in [-0.39, 0.29) is 24.0 Å². The van der Waals surface area contributed by atoms with Crippen molar-refractivity contribution in [2.45, 2.75) is 40.0 Å². The van der Waals surface area contributed by atoms with Gasteiger partial charge in [-0.2, -0.15) is 0 Å². The topological polar surface area (TPSA) is 73.8 Å². The number of nitrogens with zero attached hydrogens (tertiary/aromatic N) is 2. The van der Waals surface area contributed by atoms with E-state index in [0.717, 1.165) is 31.8 Å². The van der Waals surface area contributed by atoms with Crippen molar-refractivity contribution in [1.82, 2.24) is 14.9 Å². The third-order valence-electron chi connectivity index (χ3n) is 3.63. The zero-order valence-electron chi connectivity index (χ0n) is 14.6. The van der Waals surface area contributed by atoms with Gasteiger partial charge in [-0.15, -0.1) is 24.0 Å². The number of hydrogen-bond acceptors (Lipinski definition) is 3. The Hall–Kier alpha value is -0.0900. The van der Waals surface area contributed by atoms with Gasteiger partial charge < -0.3 is 10.6 Å². The summed E-state index contributed by atoms with van der Waals surface area (Å²) in [6.07, 6.45) is 4.31. The third kappa shape index (κ3) is 10.6. The molecule has 0 saturated carbocycles. The summed E-state index contributed by atoms with van der Waals surface area (Å²) in [7, 11) is -1.34. The van der Waals surface area contributed by atoms with Crippen LogP contribution in [0.4, 0.5) is 0 Å². The number of halogens is 1. The van der Waals surface area contributed by atoms with E-state index in [2.05, 4.69) is 29.5 Å². The van der Waals surface area contributed by atoms with Gasteiger partial charge in [-0.3, -0.25) is 4.99 Å². The van der Waals surface area contributed by atoms with Crippen molar-refractivity contribution in [3.63, 3.8) is 0 Å². The minimum absolute atomic E-state index is 0. The van der Waals surface area contributed by atoms with Crippen LogP contribution in [0.15, 0.2) is 4.99 Å². The largest absolute Gasteiger partial charge is 0.356 e. The molecule has 0 heterocycles. The molecule has 0 fully saturated rings. The lowest BCUT2D eigenvalue weighted by Crippen LogP contribution is -2.41. The van der Waals surface area contributed by atoms with Crippen molar-refractivity contribution < 1.29 is 8.42 Å². The molecule has 2 N–H and O–H groups in total. The van der Waals surface area contributed by atoms with E-state index in [1.807, 2.05) is 6.92 Å².